The molecule has 0 unspecified atom stereocenters. The van der Waals surface area contributed by atoms with Gasteiger partial charge in [0.1, 0.15) is 17.1 Å². The van der Waals surface area contributed by atoms with E-state index in [0.29, 0.717) is 6.54 Å². The second-order valence-corrected chi connectivity index (χ2v) is 3.48. The van der Waals surface area contributed by atoms with Gasteiger partial charge in [0, 0.05) is 6.42 Å². The van der Waals surface area contributed by atoms with Gasteiger partial charge >= 0.3 is 0 Å². The van der Waals surface area contributed by atoms with Gasteiger partial charge in [-0.25, -0.2) is 0 Å². The van der Waals surface area contributed by atoms with E-state index in [2.05, 4.69) is 0 Å². The third-order valence-corrected chi connectivity index (χ3v) is 2.42. The van der Waals surface area contributed by atoms with Crippen molar-refractivity contribution in [2.75, 3.05) is 13.7 Å². The van der Waals surface area contributed by atoms with Gasteiger partial charge < -0.3 is 14.9 Å². The minimum Gasteiger partial charge on any atom is -0.496 e. The maximum atomic E-state index is 5.68. The molecule has 2 rings (SSSR count). The molecule has 0 bridgehead atoms. The standard InChI is InChI=1S/C12H15NO2/c1-14-11-5-2-6-12-10(11)8-9(15-12)4-3-7-13/h2,5-6,8H,3-4,7,13H2,1H3. The molecule has 2 aromatic rings. The molecule has 0 aliphatic carbocycles. The molecule has 15 heavy (non-hydrogen) atoms. The highest BCUT2D eigenvalue weighted by Crippen LogP contribution is 2.28. The highest BCUT2D eigenvalue weighted by molar-refractivity contribution is 5.84. The Morgan fingerprint density at radius 2 is 2.27 bits per heavy atom. The first kappa shape index (κ1) is 10.1. The van der Waals surface area contributed by atoms with E-state index in [-0.39, 0.29) is 0 Å². The molecule has 1 aromatic heterocycles. The third kappa shape index (κ3) is 1.97. The number of nitrogens with two attached hydrogens (primary N) is 1. The lowest BCUT2D eigenvalue weighted by Crippen LogP contribution is -1.99. The molecule has 0 amide bonds. The van der Waals surface area contributed by atoms with Crippen molar-refractivity contribution in [1.29, 1.82) is 0 Å². The molecule has 80 valence electrons. The van der Waals surface area contributed by atoms with Gasteiger partial charge in [-0.15, -0.1) is 0 Å². The van der Waals surface area contributed by atoms with Crippen LogP contribution in [0.1, 0.15) is 12.2 Å². The van der Waals surface area contributed by atoms with Crippen LogP contribution in [-0.2, 0) is 6.42 Å². The van der Waals surface area contributed by atoms with E-state index in [1.54, 1.807) is 7.11 Å². The summed E-state index contributed by atoms with van der Waals surface area (Å²) in [6.45, 7) is 0.689. The van der Waals surface area contributed by atoms with Crippen molar-refractivity contribution in [3.05, 3.63) is 30.0 Å². The zero-order chi connectivity index (χ0) is 10.7. The van der Waals surface area contributed by atoms with Crippen LogP contribution in [0, 0.1) is 0 Å². The van der Waals surface area contributed by atoms with Crippen LogP contribution in [0.25, 0.3) is 11.0 Å². The highest BCUT2D eigenvalue weighted by atomic mass is 16.5. The molecule has 1 heterocycles. The zero-order valence-corrected chi connectivity index (χ0v) is 8.82. The molecule has 2 N–H and O–H groups in total. The van der Waals surface area contributed by atoms with Crippen molar-refractivity contribution in [3.63, 3.8) is 0 Å². The van der Waals surface area contributed by atoms with Crippen LogP contribution in [0.2, 0.25) is 0 Å². The van der Waals surface area contributed by atoms with Crippen molar-refractivity contribution in [1.82, 2.24) is 0 Å². The molecule has 0 saturated heterocycles. The van der Waals surface area contributed by atoms with Crippen LogP contribution in [0.15, 0.2) is 28.7 Å². The molecular formula is C12H15NO2. The second-order valence-electron chi connectivity index (χ2n) is 3.48. The Kier molecular flexibility index (Phi) is 2.92. The number of aryl methyl sites for hydroxylation is 1. The van der Waals surface area contributed by atoms with Gasteiger partial charge in [0.25, 0.3) is 0 Å². The Hall–Kier alpha value is -1.48. The maximum absolute atomic E-state index is 5.68. The SMILES string of the molecule is COc1cccc2oc(CCCN)cc12. The molecule has 0 aliphatic heterocycles. The third-order valence-electron chi connectivity index (χ3n) is 2.42. The van der Waals surface area contributed by atoms with E-state index in [1.165, 1.54) is 0 Å². The predicted molar refractivity (Wildman–Crippen MR) is 60.1 cm³/mol. The summed E-state index contributed by atoms with van der Waals surface area (Å²) in [4.78, 5) is 0. The largest absolute Gasteiger partial charge is 0.496 e. The molecule has 0 atom stereocenters. The van der Waals surface area contributed by atoms with Gasteiger partial charge in [0.05, 0.1) is 12.5 Å². The van der Waals surface area contributed by atoms with E-state index < -0.39 is 0 Å². The average molecular weight is 205 g/mol. The molecule has 0 radical (unpaired) electrons. The summed E-state index contributed by atoms with van der Waals surface area (Å²) in [6, 6.07) is 7.84. The molecule has 0 saturated carbocycles. The van der Waals surface area contributed by atoms with E-state index in [1.807, 2.05) is 24.3 Å². The quantitative estimate of drug-likeness (QED) is 0.833. The van der Waals surface area contributed by atoms with Gasteiger partial charge in [-0.05, 0) is 31.2 Å². The fraction of sp³-hybridized carbons (Fsp3) is 0.333. The Bertz CT molecular complexity index is 448. The number of methoxy groups -OCH3 is 1. The van der Waals surface area contributed by atoms with Crippen molar-refractivity contribution in [2.24, 2.45) is 5.73 Å². The number of fused-ring (bicyclic) bond motifs is 1. The number of rotatable bonds is 4. The smallest absolute Gasteiger partial charge is 0.138 e. The summed E-state index contributed by atoms with van der Waals surface area (Å²) in [5, 5.41) is 1.03. The molecule has 0 spiro atoms. The molecule has 0 fully saturated rings. The van der Waals surface area contributed by atoms with Crippen molar-refractivity contribution < 1.29 is 9.15 Å². The summed E-state index contributed by atoms with van der Waals surface area (Å²) >= 11 is 0. The maximum Gasteiger partial charge on any atom is 0.138 e. The van der Waals surface area contributed by atoms with E-state index in [4.69, 9.17) is 14.9 Å². The summed E-state index contributed by atoms with van der Waals surface area (Å²) in [5.74, 6) is 1.83. The predicted octanol–water partition coefficient (Wildman–Crippen LogP) is 2.33. The minimum absolute atomic E-state index is 0.689. The number of hydrogen-bond acceptors (Lipinski definition) is 3. The average Bonchev–Trinajstić information content (AvgIpc) is 2.68. The van der Waals surface area contributed by atoms with Gasteiger partial charge in [-0.2, -0.15) is 0 Å². The Balaban J connectivity index is 2.37. The lowest BCUT2D eigenvalue weighted by Gasteiger charge is -1.98. The molecule has 0 aliphatic rings. The minimum atomic E-state index is 0.689. The van der Waals surface area contributed by atoms with Crippen molar-refractivity contribution >= 4 is 11.0 Å². The molecule has 1 aromatic carbocycles. The van der Waals surface area contributed by atoms with Crippen LogP contribution in [-0.4, -0.2) is 13.7 Å². The lowest BCUT2D eigenvalue weighted by molar-refractivity contribution is 0.419. The summed E-state index contributed by atoms with van der Waals surface area (Å²) in [6.07, 6.45) is 1.83. The Labute approximate surface area is 88.8 Å². The summed E-state index contributed by atoms with van der Waals surface area (Å²) in [7, 11) is 1.67. The first-order valence-electron chi connectivity index (χ1n) is 5.10. The fourth-order valence-electron chi connectivity index (χ4n) is 1.66. The zero-order valence-electron chi connectivity index (χ0n) is 8.82. The Morgan fingerprint density at radius 1 is 1.40 bits per heavy atom. The van der Waals surface area contributed by atoms with E-state index >= 15 is 0 Å². The molecule has 3 heteroatoms. The number of benzene rings is 1. The van der Waals surface area contributed by atoms with Gasteiger partial charge in [0.15, 0.2) is 0 Å². The van der Waals surface area contributed by atoms with Gasteiger partial charge in [0.2, 0.25) is 0 Å². The molecule has 3 nitrogen and oxygen atoms in total. The Morgan fingerprint density at radius 3 is 3.00 bits per heavy atom. The topological polar surface area (TPSA) is 48.4 Å². The monoisotopic (exact) mass is 205 g/mol. The van der Waals surface area contributed by atoms with Gasteiger partial charge in [-0.3, -0.25) is 0 Å². The number of furan rings is 1. The molecular weight excluding hydrogens is 190 g/mol. The van der Waals surface area contributed by atoms with E-state index in [0.717, 1.165) is 35.3 Å². The fourth-order valence-corrected chi connectivity index (χ4v) is 1.66. The highest BCUT2D eigenvalue weighted by Gasteiger charge is 2.07. The van der Waals surface area contributed by atoms with Gasteiger partial charge in [-0.1, -0.05) is 6.07 Å². The van der Waals surface area contributed by atoms with Crippen LogP contribution in [0.3, 0.4) is 0 Å². The van der Waals surface area contributed by atoms with E-state index in [9.17, 15) is 0 Å². The van der Waals surface area contributed by atoms with Crippen LogP contribution in [0.5, 0.6) is 5.75 Å². The normalized spacial score (nSPS) is 10.8. The summed E-state index contributed by atoms with van der Waals surface area (Å²) < 4.78 is 10.9. The van der Waals surface area contributed by atoms with Crippen molar-refractivity contribution in [3.8, 4) is 5.75 Å². The van der Waals surface area contributed by atoms with Crippen LogP contribution < -0.4 is 10.5 Å². The lowest BCUT2D eigenvalue weighted by atomic mass is 10.2. The first-order valence-corrected chi connectivity index (χ1v) is 5.10. The van der Waals surface area contributed by atoms with Crippen LogP contribution in [0.4, 0.5) is 0 Å². The van der Waals surface area contributed by atoms with Crippen molar-refractivity contribution in [2.45, 2.75) is 12.8 Å². The number of ether oxygens (including phenoxy) is 1. The number of hydrogen-bond donors (Lipinski definition) is 1. The summed E-state index contributed by atoms with van der Waals surface area (Å²) in [5.41, 5.74) is 6.34. The first-order chi connectivity index (χ1) is 7.35. The van der Waals surface area contributed by atoms with Crippen LogP contribution >= 0.6 is 0 Å². The second kappa shape index (κ2) is 4.36.